The Labute approximate surface area is 498 Å². The van der Waals surface area contributed by atoms with Crippen molar-refractivity contribution in [1.29, 1.82) is 0 Å². The van der Waals surface area contributed by atoms with Crippen LogP contribution in [0.5, 0.6) is 0 Å². The Morgan fingerprint density at radius 2 is 1.14 bits per heavy atom. The molecule has 1 aromatic heterocycles. The van der Waals surface area contributed by atoms with Crippen LogP contribution < -0.4 is 59.7 Å². The summed E-state index contributed by atoms with van der Waals surface area (Å²) in [7, 11) is 0. The standard InChI is InChI=1S/C51H81N17O19/c1-23(39(75)60-28(9-5-13-56-51(53)54)40(76)64-32(21-70)48(84)68-16-8-12-35(68)50(86)87)58-44(80)33-10-6-14-66(33)49(85)34-11-7-15-67(34)47(83)24(2)59-41(77)30(18-36(73)74)62-46(82)38(26(4)72)65-42(78)29(17-27-19-55-22-57-27)61-43(79)31(20-69)63-45(81)37(52)25(3)71/h19,22-26,28-35,37-38,69-72H,5-18,20-21,52H2,1-4H3,(H,55,57)(H,58,80)(H,59,77)(H,60,75)(H,61,79)(H,62,82)(H,63,81)(H,64,76)(H,65,78)(H,73,74)(H,86,87)(H4,53,54,56)/t23-,24-,25+,26+,28-,29-,30-,31-,32-,33-,34-,35-,37-,38-/m0/s1. The predicted octanol–water partition coefficient (Wildman–Crippen LogP) is -9.47. The van der Waals surface area contributed by atoms with Crippen molar-refractivity contribution in [3.8, 4) is 0 Å². The molecule has 0 bridgehead atoms. The summed E-state index contributed by atoms with van der Waals surface area (Å²) in [5.74, 6) is -13.8. The number of hydrogen-bond acceptors (Lipinski definition) is 20. The van der Waals surface area contributed by atoms with E-state index in [0.717, 1.165) is 11.8 Å². The van der Waals surface area contributed by atoms with Crippen LogP contribution >= 0.6 is 0 Å². The number of guanidine groups is 1. The van der Waals surface area contributed by atoms with Gasteiger partial charge < -0.3 is 110 Å². The second-order valence-electron chi connectivity index (χ2n) is 21.4. The molecule has 36 nitrogen and oxygen atoms in total. The van der Waals surface area contributed by atoms with Gasteiger partial charge in [-0.1, -0.05) is 0 Å². The highest BCUT2D eigenvalue weighted by molar-refractivity contribution is 6.00. The summed E-state index contributed by atoms with van der Waals surface area (Å²) in [4.78, 5) is 187. The summed E-state index contributed by atoms with van der Waals surface area (Å²) >= 11 is 0. The van der Waals surface area contributed by atoms with E-state index in [2.05, 4.69) is 57.5 Å². The predicted molar refractivity (Wildman–Crippen MR) is 299 cm³/mol. The SMILES string of the molecule is C[C@H](NC(=O)[C@@H]1CCCN1C(=O)[C@@H]1CCCN1C(=O)[C@H](C)NC(=O)[C@H](CC(=O)O)NC(=O)[C@@H](NC(=O)[C@H](Cc1cnc[nH]1)NC(=O)[C@H](CO)NC(=O)[C@@H](N)[C@@H](C)O)[C@@H](C)O)C(=O)N[C@@H](CCCN=C(N)N)C(=O)N[C@@H](CO)C(=O)N1CCC[C@H]1C(=O)O. The van der Waals surface area contributed by atoms with Crippen LogP contribution in [-0.4, -0.2) is 262 Å². The molecule has 3 fully saturated rings. The lowest BCUT2D eigenvalue weighted by molar-refractivity contribution is -0.150. The Morgan fingerprint density at radius 3 is 1.70 bits per heavy atom. The summed E-state index contributed by atoms with van der Waals surface area (Å²) in [6, 6.07) is -18.0. The van der Waals surface area contributed by atoms with E-state index in [0.29, 0.717) is 19.3 Å². The molecule has 0 aliphatic carbocycles. The van der Waals surface area contributed by atoms with Gasteiger partial charge in [-0.2, -0.15) is 0 Å². The molecule has 3 aliphatic rings. The number of aliphatic imine (C=N–C) groups is 1. The van der Waals surface area contributed by atoms with E-state index in [1.807, 2.05) is 0 Å². The maximum Gasteiger partial charge on any atom is 0.326 e. The number of amides is 11. The number of aromatic amines is 1. The van der Waals surface area contributed by atoms with Gasteiger partial charge in [0.05, 0.1) is 38.2 Å². The van der Waals surface area contributed by atoms with Crippen LogP contribution in [0.3, 0.4) is 0 Å². The Hall–Kier alpha value is -8.61. The molecular weight excluding hydrogens is 1150 g/mol. The van der Waals surface area contributed by atoms with Crippen molar-refractivity contribution in [3.63, 3.8) is 0 Å². The van der Waals surface area contributed by atoms with Gasteiger partial charge in [-0.25, -0.2) is 9.78 Å². The lowest BCUT2D eigenvalue weighted by Gasteiger charge is -2.33. The smallest absolute Gasteiger partial charge is 0.326 e. The first kappa shape index (κ1) is 70.9. The van der Waals surface area contributed by atoms with Gasteiger partial charge in [0, 0.05) is 44.5 Å². The monoisotopic (exact) mass is 1240 g/mol. The molecule has 1 aromatic rings. The van der Waals surface area contributed by atoms with Crippen molar-refractivity contribution in [2.24, 2.45) is 22.2 Å². The number of imidazole rings is 1. The molecule has 14 atom stereocenters. The minimum Gasteiger partial charge on any atom is -0.481 e. The van der Waals surface area contributed by atoms with Crippen LogP contribution in [0.1, 0.15) is 91.2 Å². The lowest BCUT2D eigenvalue weighted by Crippen LogP contribution is -2.62. The molecule has 484 valence electrons. The number of aromatic nitrogens is 2. The van der Waals surface area contributed by atoms with Gasteiger partial charge in [-0.15, -0.1) is 0 Å². The molecule has 0 spiro atoms. The average molecular weight is 1240 g/mol. The quantitative estimate of drug-likeness (QED) is 0.0181. The van der Waals surface area contributed by atoms with Crippen LogP contribution in [-0.2, 0) is 68.7 Å². The van der Waals surface area contributed by atoms with Crippen LogP contribution in [0, 0.1) is 0 Å². The first-order valence-corrected chi connectivity index (χ1v) is 28.2. The van der Waals surface area contributed by atoms with Gasteiger partial charge in [-0.05, 0) is 79.1 Å². The largest absolute Gasteiger partial charge is 0.481 e. The average Bonchev–Trinajstić information content (AvgIpc) is 2.31. The maximum absolute atomic E-state index is 14.3. The number of hydrogen-bond donors (Lipinski definition) is 18. The minimum absolute atomic E-state index is 0.00566. The van der Waals surface area contributed by atoms with E-state index in [9.17, 15) is 93.0 Å². The zero-order valence-electron chi connectivity index (χ0n) is 48.5. The molecule has 0 aromatic carbocycles. The number of likely N-dealkylation sites (tertiary alicyclic amines) is 3. The number of carbonyl (C=O) groups excluding carboxylic acids is 11. The molecule has 87 heavy (non-hydrogen) atoms. The van der Waals surface area contributed by atoms with Gasteiger partial charge >= 0.3 is 11.9 Å². The van der Waals surface area contributed by atoms with Crippen LogP contribution in [0.2, 0.25) is 0 Å². The summed E-state index contributed by atoms with van der Waals surface area (Å²) in [6.07, 6.45) is -0.569. The number of aliphatic carboxylic acids is 2. The number of nitrogens with two attached hydrogens (primary N) is 3. The number of carboxylic acids is 2. The molecule has 0 unspecified atom stereocenters. The number of aliphatic hydroxyl groups is 4. The maximum atomic E-state index is 14.3. The summed E-state index contributed by atoms with van der Waals surface area (Å²) < 4.78 is 0. The first-order chi connectivity index (χ1) is 41.0. The number of nitrogens with one attached hydrogen (secondary N) is 9. The molecular formula is C51H81N17O19. The summed E-state index contributed by atoms with van der Waals surface area (Å²) in [5.41, 5.74) is 16.7. The van der Waals surface area contributed by atoms with Crippen molar-refractivity contribution in [1.82, 2.24) is 67.2 Å². The Balaban J connectivity index is 1.41. The summed E-state index contributed by atoms with van der Waals surface area (Å²) in [5, 5.41) is 78.3. The van der Waals surface area contributed by atoms with E-state index in [1.165, 1.54) is 43.1 Å². The van der Waals surface area contributed by atoms with E-state index >= 15 is 0 Å². The third-order valence-electron chi connectivity index (χ3n) is 14.7. The molecule has 3 aliphatic heterocycles. The van der Waals surface area contributed by atoms with E-state index in [4.69, 9.17) is 17.2 Å². The number of aliphatic hydroxyl groups excluding tert-OH is 4. The van der Waals surface area contributed by atoms with E-state index in [1.54, 1.807) is 0 Å². The van der Waals surface area contributed by atoms with Gasteiger partial charge in [-0.3, -0.25) is 62.5 Å². The Morgan fingerprint density at radius 1 is 0.609 bits per heavy atom. The van der Waals surface area contributed by atoms with Crippen molar-refractivity contribution in [2.45, 2.75) is 177 Å². The lowest BCUT2D eigenvalue weighted by atomic mass is 10.1. The third-order valence-corrected chi connectivity index (χ3v) is 14.7. The van der Waals surface area contributed by atoms with Crippen LogP contribution in [0.25, 0.3) is 0 Å². The first-order valence-electron chi connectivity index (χ1n) is 28.2. The molecule has 36 heteroatoms. The highest BCUT2D eigenvalue weighted by atomic mass is 16.4. The second kappa shape index (κ2) is 33.3. The van der Waals surface area contributed by atoms with E-state index in [-0.39, 0.29) is 76.4 Å². The normalized spacial score (nSPS) is 20.2. The van der Waals surface area contributed by atoms with E-state index < -0.39 is 181 Å². The van der Waals surface area contributed by atoms with Gasteiger partial charge in [0.1, 0.15) is 72.5 Å². The molecule has 3 saturated heterocycles. The molecule has 0 radical (unpaired) electrons. The zero-order chi connectivity index (χ0) is 65.0. The third kappa shape index (κ3) is 20.2. The van der Waals surface area contributed by atoms with Gasteiger partial charge in [0.15, 0.2) is 5.96 Å². The number of nitrogens with zero attached hydrogens (tertiary/aromatic N) is 5. The van der Waals surface area contributed by atoms with Crippen molar-refractivity contribution in [3.05, 3.63) is 18.2 Å². The number of rotatable bonds is 32. The fraction of sp³-hybridized carbons (Fsp3) is 0.667. The number of carbonyl (C=O) groups is 13. The topological polar surface area (TPSA) is 568 Å². The molecule has 4 rings (SSSR count). The fourth-order valence-corrected chi connectivity index (χ4v) is 9.88. The van der Waals surface area contributed by atoms with Crippen LogP contribution in [0.15, 0.2) is 17.5 Å². The Kier molecular flexibility index (Phi) is 27.2. The Bertz CT molecular complexity index is 2680. The fourth-order valence-electron chi connectivity index (χ4n) is 9.88. The van der Waals surface area contributed by atoms with Gasteiger partial charge in [0.25, 0.3) is 0 Å². The molecule has 11 amide bonds. The number of H-pyrrole nitrogens is 1. The zero-order valence-corrected chi connectivity index (χ0v) is 48.5. The van der Waals surface area contributed by atoms with Crippen molar-refractivity contribution < 1.29 is 93.0 Å². The highest BCUT2D eigenvalue weighted by Crippen LogP contribution is 2.26. The van der Waals surface area contributed by atoms with Gasteiger partial charge in [0.2, 0.25) is 65.0 Å². The summed E-state index contributed by atoms with van der Waals surface area (Å²) in [6.45, 7) is 3.06. The molecule has 4 heterocycles. The van der Waals surface area contributed by atoms with Crippen LogP contribution in [0.4, 0.5) is 0 Å². The minimum atomic E-state index is -1.96. The second-order valence-corrected chi connectivity index (χ2v) is 21.4. The van der Waals surface area contributed by atoms with Crippen molar-refractivity contribution >= 4 is 82.9 Å². The highest BCUT2D eigenvalue weighted by Gasteiger charge is 2.45. The number of carboxylic acid groups (broad SMARTS) is 2. The molecule has 21 N–H and O–H groups in total. The molecule has 0 saturated carbocycles. The van der Waals surface area contributed by atoms with Crippen molar-refractivity contribution in [2.75, 3.05) is 39.4 Å².